The molecule has 0 atom stereocenters. The Bertz CT molecular complexity index is 1330. The molecule has 0 saturated heterocycles. The van der Waals surface area contributed by atoms with Gasteiger partial charge in [0.25, 0.3) is 10.0 Å². The second-order valence-electron chi connectivity index (χ2n) is 6.77. The topological polar surface area (TPSA) is 105 Å². The van der Waals surface area contributed by atoms with Crippen molar-refractivity contribution >= 4 is 33.2 Å². The van der Waals surface area contributed by atoms with Gasteiger partial charge >= 0.3 is 0 Å². The average Bonchev–Trinajstić information content (AvgIpc) is 2.71. The molecule has 172 valence electrons. The van der Waals surface area contributed by atoms with E-state index in [0.717, 1.165) is 6.07 Å². The van der Waals surface area contributed by atoms with E-state index in [0.29, 0.717) is 24.3 Å². The molecule has 12 heteroatoms. The number of anilines is 2. The van der Waals surface area contributed by atoms with Gasteiger partial charge in [-0.2, -0.15) is 0 Å². The quantitative estimate of drug-likeness (QED) is 0.394. The number of hydrogen-bond acceptors (Lipinski definition) is 5. The minimum atomic E-state index is -4.94. The van der Waals surface area contributed by atoms with Crippen LogP contribution in [0.15, 0.2) is 53.6 Å². The molecule has 2 N–H and O–H groups in total. The van der Waals surface area contributed by atoms with Crippen LogP contribution in [0, 0.1) is 23.3 Å². The van der Waals surface area contributed by atoms with Crippen LogP contribution in [0.25, 0.3) is 0 Å². The van der Waals surface area contributed by atoms with E-state index in [1.165, 1.54) is 25.3 Å². The third kappa shape index (κ3) is 5.34. The number of ketones is 1. The van der Waals surface area contributed by atoms with Gasteiger partial charge in [-0.05, 0) is 35.9 Å². The van der Waals surface area contributed by atoms with Gasteiger partial charge in [0.1, 0.15) is 23.3 Å². The Balaban J connectivity index is 1.89. The van der Waals surface area contributed by atoms with E-state index in [2.05, 4.69) is 10.3 Å². The molecule has 7 nitrogen and oxygen atoms in total. The minimum absolute atomic E-state index is 0.202. The number of hydrogen-bond donors (Lipinski definition) is 2. The Hall–Kier alpha value is -3.80. The summed E-state index contributed by atoms with van der Waals surface area (Å²) in [5.41, 5.74) is -1.66. The summed E-state index contributed by atoms with van der Waals surface area (Å²) in [5, 5.41) is 2.41. The van der Waals surface area contributed by atoms with Crippen molar-refractivity contribution in [2.75, 3.05) is 10.0 Å². The lowest BCUT2D eigenvalue weighted by atomic mass is 10.0. The van der Waals surface area contributed by atoms with E-state index < -0.39 is 61.6 Å². The fourth-order valence-electron chi connectivity index (χ4n) is 2.88. The summed E-state index contributed by atoms with van der Waals surface area (Å²) >= 11 is 0. The van der Waals surface area contributed by atoms with Gasteiger partial charge < -0.3 is 5.32 Å². The van der Waals surface area contributed by atoms with E-state index in [4.69, 9.17) is 0 Å². The van der Waals surface area contributed by atoms with Crippen LogP contribution in [-0.2, 0) is 21.2 Å². The number of nitrogens with one attached hydrogen (secondary N) is 2. The standard InChI is InChI=1S/C21H15F4N3O4S/c1-11(29)27-18-8-5-12(10-26-18)9-17(30)19-13(22)6-7-16(20(19)25)28-33(31,32)21-14(23)3-2-4-15(21)24/h2-8,10,28H,9H2,1H3,(H,26,27,29). The van der Waals surface area contributed by atoms with Gasteiger partial charge in [0.2, 0.25) is 5.91 Å². The predicted octanol–water partition coefficient (Wildman–Crippen LogP) is 3.82. The normalized spacial score (nSPS) is 11.2. The molecule has 1 amide bonds. The number of carbonyl (C=O) groups excluding carboxylic acids is 2. The molecule has 0 unspecified atom stereocenters. The summed E-state index contributed by atoms with van der Waals surface area (Å²) < 4.78 is 83.3. The van der Waals surface area contributed by atoms with Crippen molar-refractivity contribution in [3.05, 3.63) is 83.1 Å². The summed E-state index contributed by atoms with van der Waals surface area (Å²) in [7, 11) is -4.94. The monoisotopic (exact) mass is 481 g/mol. The Morgan fingerprint density at radius 2 is 1.61 bits per heavy atom. The first-order valence-corrected chi connectivity index (χ1v) is 10.7. The zero-order valence-corrected chi connectivity index (χ0v) is 17.6. The number of pyridine rings is 1. The highest BCUT2D eigenvalue weighted by molar-refractivity contribution is 7.92. The molecule has 0 bridgehead atoms. The summed E-state index contributed by atoms with van der Waals surface area (Å²) in [6, 6.07) is 6.43. The number of amides is 1. The third-order valence-corrected chi connectivity index (χ3v) is 5.71. The zero-order chi connectivity index (χ0) is 24.3. The third-order valence-electron chi connectivity index (χ3n) is 4.30. The van der Waals surface area contributed by atoms with E-state index in [9.17, 15) is 35.6 Å². The van der Waals surface area contributed by atoms with Gasteiger partial charge in [0, 0.05) is 19.5 Å². The van der Waals surface area contributed by atoms with Gasteiger partial charge in [-0.25, -0.2) is 31.0 Å². The van der Waals surface area contributed by atoms with Crippen molar-refractivity contribution in [3.8, 4) is 0 Å². The van der Waals surface area contributed by atoms with Gasteiger partial charge in [0.15, 0.2) is 16.5 Å². The first-order valence-electron chi connectivity index (χ1n) is 9.20. The van der Waals surface area contributed by atoms with Gasteiger partial charge in [0.05, 0.1) is 11.3 Å². The maximum atomic E-state index is 14.9. The first-order chi connectivity index (χ1) is 15.5. The highest BCUT2D eigenvalue weighted by Gasteiger charge is 2.27. The number of carbonyl (C=O) groups is 2. The van der Waals surface area contributed by atoms with E-state index in [1.54, 1.807) is 4.72 Å². The van der Waals surface area contributed by atoms with Gasteiger partial charge in [-0.1, -0.05) is 12.1 Å². The number of aromatic nitrogens is 1. The van der Waals surface area contributed by atoms with Crippen LogP contribution < -0.4 is 10.0 Å². The molecule has 0 aliphatic rings. The average molecular weight is 481 g/mol. The molecule has 3 rings (SSSR count). The van der Waals surface area contributed by atoms with Crippen molar-refractivity contribution in [3.63, 3.8) is 0 Å². The summed E-state index contributed by atoms with van der Waals surface area (Å²) in [6.07, 6.45) is 0.714. The fraction of sp³-hybridized carbons (Fsp3) is 0.0952. The predicted molar refractivity (Wildman–Crippen MR) is 110 cm³/mol. The lowest BCUT2D eigenvalue weighted by Gasteiger charge is -2.13. The molecule has 0 radical (unpaired) electrons. The number of nitrogens with zero attached hydrogens (tertiary/aromatic N) is 1. The Labute approximate surface area is 185 Å². The maximum Gasteiger partial charge on any atom is 0.267 e. The minimum Gasteiger partial charge on any atom is -0.311 e. The number of sulfonamides is 1. The molecule has 0 spiro atoms. The molecular formula is C21H15F4N3O4S. The Kier molecular flexibility index (Phi) is 6.77. The van der Waals surface area contributed by atoms with Gasteiger partial charge in [-0.15, -0.1) is 0 Å². The van der Waals surface area contributed by atoms with Crippen LogP contribution in [0.5, 0.6) is 0 Å². The van der Waals surface area contributed by atoms with Crippen LogP contribution in [0.4, 0.5) is 29.1 Å². The molecule has 0 fully saturated rings. The van der Waals surface area contributed by atoms with Crippen LogP contribution >= 0.6 is 0 Å². The molecule has 0 aliphatic carbocycles. The lowest BCUT2D eigenvalue weighted by Crippen LogP contribution is -2.19. The van der Waals surface area contributed by atoms with Crippen molar-refractivity contribution in [2.24, 2.45) is 0 Å². The summed E-state index contributed by atoms with van der Waals surface area (Å²) in [4.78, 5) is 26.1. The van der Waals surface area contributed by atoms with Crippen molar-refractivity contribution in [1.29, 1.82) is 0 Å². The number of benzene rings is 2. The molecule has 1 aromatic heterocycles. The zero-order valence-electron chi connectivity index (χ0n) is 16.8. The van der Waals surface area contributed by atoms with Crippen molar-refractivity contribution < 1.29 is 35.6 Å². The van der Waals surface area contributed by atoms with Crippen LogP contribution in [0.1, 0.15) is 22.8 Å². The van der Waals surface area contributed by atoms with E-state index in [-0.39, 0.29) is 17.3 Å². The Morgan fingerprint density at radius 3 is 2.18 bits per heavy atom. The summed E-state index contributed by atoms with van der Waals surface area (Å²) in [5.74, 6) is -6.87. The fourth-order valence-corrected chi connectivity index (χ4v) is 4.08. The van der Waals surface area contributed by atoms with E-state index >= 15 is 0 Å². The molecule has 1 heterocycles. The van der Waals surface area contributed by atoms with Crippen molar-refractivity contribution in [1.82, 2.24) is 4.98 Å². The van der Waals surface area contributed by atoms with Crippen LogP contribution in [-0.4, -0.2) is 25.1 Å². The van der Waals surface area contributed by atoms with Crippen LogP contribution in [0.2, 0.25) is 0 Å². The van der Waals surface area contributed by atoms with Crippen molar-refractivity contribution in [2.45, 2.75) is 18.2 Å². The first kappa shape index (κ1) is 23.9. The largest absolute Gasteiger partial charge is 0.311 e. The SMILES string of the molecule is CC(=O)Nc1ccc(CC(=O)c2c(F)ccc(NS(=O)(=O)c3c(F)cccc3F)c2F)cn1. The lowest BCUT2D eigenvalue weighted by molar-refractivity contribution is -0.114. The highest BCUT2D eigenvalue weighted by Crippen LogP contribution is 2.27. The number of halogens is 4. The second kappa shape index (κ2) is 9.36. The highest BCUT2D eigenvalue weighted by atomic mass is 32.2. The molecule has 0 saturated carbocycles. The summed E-state index contributed by atoms with van der Waals surface area (Å²) in [6.45, 7) is 1.27. The molecule has 3 aromatic rings. The van der Waals surface area contributed by atoms with E-state index in [1.807, 2.05) is 0 Å². The second-order valence-corrected chi connectivity index (χ2v) is 8.39. The molecular weight excluding hydrogens is 466 g/mol. The molecule has 33 heavy (non-hydrogen) atoms. The smallest absolute Gasteiger partial charge is 0.267 e. The van der Waals surface area contributed by atoms with Gasteiger partial charge in [-0.3, -0.25) is 14.3 Å². The number of rotatable bonds is 7. The molecule has 0 aliphatic heterocycles. The van der Waals surface area contributed by atoms with Crippen LogP contribution in [0.3, 0.4) is 0 Å². The molecule has 2 aromatic carbocycles. The Morgan fingerprint density at radius 1 is 0.939 bits per heavy atom. The maximum absolute atomic E-state index is 14.9. The number of Topliss-reactive ketones (excluding diaryl/α,β-unsaturated/α-hetero) is 1.